The number of carbonyl (C=O) groups excluding carboxylic acids is 1. The number of rotatable bonds is 5. The molecule has 1 aliphatic rings. The zero-order valence-electron chi connectivity index (χ0n) is 19.8. The molecule has 1 amide bonds. The van der Waals surface area contributed by atoms with Crippen molar-refractivity contribution in [3.8, 4) is 27.5 Å². The van der Waals surface area contributed by atoms with E-state index < -0.39 is 9.75 Å². The van der Waals surface area contributed by atoms with Crippen LogP contribution in [0.25, 0.3) is 27.5 Å². The second kappa shape index (κ2) is 9.27. The molecule has 0 saturated heterocycles. The summed E-state index contributed by atoms with van der Waals surface area (Å²) in [5.41, 5.74) is 5.09. The van der Waals surface area contributed by atoms with Crippen LogP contribution < -0.4 is 10.6 Å². The lowest BCUT2D eigenvalue weighted by atomic mass is 10.1. The highest BCUT2D eigenvalue weighted by Crippen LogP contribution is 2.63. The smallest absolute Gasteiger partial charge is 0.235 e. The molecule has 1 fully saturated rings. The van der Waals surface area contributed by atoms with Crippen LogP contribution in [0.2, 0.25) is 0 Å². The van der Waals surface area contributed by atoms with Gasteiger partial charge in [0.25, 0.3) is 0 Å². The summed E-state index contributed by atoms with van der Waals surface area (Å²) in [4.78, 5) is 17.6. The Morgan fingerprint density at radius 1 is 1.14 bits per heavy atom. The maximum Gasteiger partial charge on any atom is 0.235 e. The fourth-order valence-corrected chi connectivity index (χ4v) is 5.58. The predicted octanol–water partition coefficient (Wildman–Crippen LogP) is 6.68. The number of halogens is 2. The Hall–Kier alpha value is -2.78. The third-order valence-electron chi connectivity index (χ3n) is 6.53. The van der Waals surface area contributed by atoms with Crippen molar-refractivity contribution in [3.05, 3.63) is 71.2 Å². The third kappa shape index (κ3) is 4.54. The summed E-state index contributed by atoms with van der Waals surface area (Å²) in [5.74, 6) is 0.264. The van der Waals surface area contributed by atoms with Gasteiger partial charge in [0, 0.05) is 10.9 Å². The van der Waals surface area contributed by atoms with Crippen molar-refractivity contribution in [2.75, 3.05) is 5.32 Å². The highest BCUT2D eigenvalue weighted by Gasteiger charge is 2.68. The van der Waals surface area contributed by atoms with Gasteiger partial charge in [0.05, 0.1) is 28.6 Å². The van der Waals surface area contributed by atoms with E-state index in [1.54, 1.807) is 17.8 Å². The van der Waals surface area contributed by atoms with E-state index in [4.69, 9.17) is 40.4 Å². The SMILES string of the molecule is Cc1ccc(-c2csc(-c3cnn(-c4ccccc4)c3NC(=S)NC(=O)[C@@]3(C)CC3(Cl)Cl)n2)cc1C. The molecule has 36 heavy (non-hydrogen) atoms. The molecule has 1 atom stereocenters. The standard InChI is InChI=1S/C26H23Cl2N5OS2/c1-15-9-10-17(11-16(15)2)20-13-36-22(30-20)19-12-29-33(18-7-5-4-6-8-18)21(19)31-24(35)32-23(34)25(3)14-26(25,27)28/h4-13H,14H2,1-3H3,(H2,31,32,34,35)/t25-/m1/s1. The van der Waals surface area contributed by atoms with Gasteiger partial charge in [-0.2, -0.15) is 5.10 Å². The number of alkyl halides is 2. The summed E-state index contributed by atoms with van der Waals surface area (Å²) < 4.78 is 0.645. The van der Waals surface area contributed by atoms with E-state index in [0.29, 0.717) is 12.2 Å². The Balaban J connectivity index is 1.47. The van der Waals surface area contributed by atoms with Crippen LogP contribution >= 0.6 is 46.8 Å². The molecule has 0 bridgehead atoms. The van der Waals surface area contributed by atoms with Crippen molar-refractivity contribution in [2.45, 2.75) is 31.5 Å². The second-order valence-corrected chi connectivity index (χ2v) is 11.9. The Morgan fingerprint density at radius 2 is 1.86 bits per heavy atom. The molecule has 2 aromatic carbocycles. The first-order valence-corrected chi connectivity index (χ1v) is 13.3. The minimum Gasteiger partial charge on any atom is -0.316 e. The van der Waals surface area contributed by atoms with Gasteiger partial charge < -0.3 is 10.6 Å². The lowest BCUT2D eigenvalue weighted by Gasteiger charge is -2.16. The molecule has 0 spiro atoms. The first-order chi connectivity index (χ1) is 17.1. The minimum absolute atomic E-state index is 0.127. The maximum atomic E-state index is 12.8. The van der Waals surface area contributed by atoms with Crippen molar-refractivity contribution in [2.24, 2.45) is 5.41 Å². The second-order valence-electron chi connectivity index (χ2n) is 9.11. The third-order valence-corrected chi connectivity index (χ3v) is 8.71. The van der Waals surface area contributed by atoms with Gasteiger partial charge in [0.2, 0.25) is 5.91 Å². The number of amides is 1. The molecule has 10 heteroatoms. The van der Waals surface area contributed by atoms with Crippen LogP contribution in [-0.4, -0.2) is 30.1 Å². The summed E-state index contributed by atoms with van der Waals surface area (Å²) in [6.07, 6.45) is 2.11. The Kier molecular flexibility index (Phi) is 6.41. The first-order valence-electron chi connectivity index (χ1n) is 11.3. The quantitative estimate of drug-likeness (QED) is 0.212. The van der Waals surface area contributed by atoms with E-state index >= 15 is 0 Å². The van der Waals surface area contributed by atoms with Gasteiger partial charge in [-0.05, 0) is 68.7 Å². The topological polar surface area (TPSA) is 71.8 Å². The molecule has 2 N–H and O–H groups in total. The highest BCUT2D eigenvalue weighted by molar-refractivity contribution is 7.80. The summed E-state index contributed by atoms with van der Waals surface area (Å²) in [6, 6.07) is 16.0. The summed E-state index contributed by atoms with van der Waals surface area (Å²) in [5, 5.41) is 13.4. The number of nitrogens with zero attached hydrogens (tertiary/aromatic N) is 3. The number of benzene rings is 2. The first kappa shape index (κ1) is 24.9. The largest absolute Gasteiger partial charge is 0.316 e. The van der Waals surface area contributed by atoms with E-state index in [1.807, 2.05) is 35.7 Å². The summed E-state index contributed by atoms with van der Waals surface area (Å²) >= 11 is 19.3. The van der Waals surface area contributed by atoms with E-state index in [0.717, 1.165) is 27.5 Å². The molecule has 4 aromatic rings. The van der Waals surface area contributed by atoms with Crippen molar-refractivity contribution in [1.29, 1.82) is 0 Å². The maximum absolute atomic E-state index is 12.8. The molecule has 0 radical (unpaired) electrons. The van der Waals surface area contributed by atoms with Crippen LogP contribution in [0.1, 0.15) is 24.5 Å². The Bertz CT molecular complexity index is 1480. The molecule has 0 aliphatic heterocycles. The molecule has 184 valence electrons. The van der Waals surface area contributed by atoms with Gasteiger partial charge in [0.15, 0.2) is 5.11 Å². The highest BCUT2D eigenvalue weighted by atomic mass is 35.5. The number of anilines is 1. The van der Waals surface area contributed by atoms with Gasteiger partial charge in [-0.1, -0.05) is 30.3 Å². The minimum atomic E-state index is -1.09. The number of thiazole rings is 1. The lowest BCUT2D eigenvalue weighted by molar-refractivity contribution is -0.124. The molecule has 5 rings (SSSR count). The van der Waals surface area contributed by atoms with Gasteiger partial charge in [-0.3, -0.25) is 4.79 Å². The molecular formula is C26H23Cl2N5OS2. The number of carbonyl (C=O) groups is 1. The summed E-state index contributed by atoms with van der Waals surface area (Å²) in [6.45, 7) is 5.90. The molecule has 0 unspecified atom stereocenters. The molecule has 1 aliphatic carbocycles. The van der Waals surface area contributed by atoms with Gasteiger partial charge >= 0.3 is 0 Å². The van der Waals surface area contributed by atoms with E-state index in [1.165, 1.54) is 22.5 Å². The average molecular weight is 557 g/mol. The lowest BCUT2D eigenvalue weighted by Crippen LogP contribution is -2.40. The van der Waals surface area contributed by atoms with Gasteiger partial charge in [-0.15, -0.1) is 34.5 Å². The number of aryl methyl sites for hydroxylation is 2. The van der Waals surface area contributed by atoms with Gasteiger partial charge in [-0.25, -0.2) is 9.67 Å². The van der Waals surface area contributed by atoms with Crippen LogP contribution in [0.4, 0.5) is 5.82 Å². The zero-order valence-corrected chi connectivity index (χ0v) is 22.9. The molecule has 2 aromatic heterocycles. The van der Waals surface area contributed by atoms with Crippen molar-refractivity contribution in [3.63, 3.8) is 0 Å². The van der Waals surface area contributed by atoms with Gasteiger partial charge in [0.1, 0.15) is 15.2 Å². The van der Waals surface area contributed by atoms with E-state index in [2.05, 4.69) is 47.8 Å². The number of para-hydroxylation sites is 1. The van der Waals surface area contributed by atoms with E-state index in [-0.39, 0.29) is 11.0 Å². The van der Waals surface area contributed by atoms with Crippen molar-refractivity contribution < 1.29 is 4.79 Å². The van der Waals surface area contributed by atoms with Crippen molar-refractivity contribution in [1.82, 2.24) is 20.1 Å². The number of nitrogens with one attached hydrogen (secondary N) is 2. The Labute approximate surface area is 228 Å². The zero-order chi connectivity index (χ0) is 25.7. The fourth-order valence-electron chi connectivity index (χ4n) is 3.85. The fraction of sp³-hybridized carbons (Fsp3) is 0.231. The number of hydrogen-bond donors (Lipinski definition) is 2. The number of aromatic nitrogens is 3. The van der Waals surface area contributed by atoms with Crippen LogP contribution in [0.15, 0.2) is 60.1 Å². The van der Waals surface area contributed by atoms with Crippen LogP contribution in [0, 0.1) is 19.3 Å². The monoisotopic (exact) mass is 555 g/mol. The molecule has 6 nitrogen and oxygen atoms in total. The molecular weight excluding hydrogens is 533 g/mol. The number of hydrogen-bond acceptors (Lipinski definition) is 5. The molecule has 2 heterocycles. The normalized spacial score (nSPS) is 18.0. The molecule has 1 saturated carbocycles. The van der Waals surface area contributed by atoms with Crippen LogP contribution in [-0.2, 0) is 4.79 Å². The number of thiocarbonyl (C=S) groups is 1. The summed E-state index contributed by atoms with van der Waals surface area (Å²) in [7, 11) is 0. The van der Waals surface area contributed by atoms with E-state index in [9.17, 15) is 4.79 Å². The van der Waals surface area contributed by atoms with Crippen LogP contribution in [0.3, 0.4) is 0 Å². The van der Waals surface area contributed by atoms with Crippen molar-refractivity contribution >= 4 is 63.6 Å². The Morgan fingerprint density at radius 3 is 2.53 bits per heavy atom. The predicted molar refractivity (Wildman–Crippen MR) is 151 cm³/mol. The van der Waals surface area contributed by atoms with Crippen LogP contribution in [0.5, 0.6) is 0 Å². The average Bonchev–Trinajstić information content (AvgIpc) is 3.23.